The molecule has 3 saturated carbocycles. The Kier molecular flexibility index (Phi) is 3.99. The average molecular weight is 369 g/mol. The summed E-state index contributed by atoms with van der Waals surface area (Å²) in [6.45, 7) is 0. The molecule has 4 rings (SSSR count). The smallest absolute Gasteiger partial charge is 0.247 e. The first-order valence-electron chi connectivity index (χ1n) is 8.85. The summed E-state index contributed by atoms with van der Waals surface area (Å²) in [5.41, 5.74) is 1.09. The molecular weight excluding hydrogens is 344 g/mol. The van der Waals surface area contributed by atoms with Crippen molar-refractivity contribution in [1.29, 1.82) is 0 Å². The molecule has 0 radical (unpaired) electrons. The molecule has 1 aromatic rings. The molecule has 3 aliphatic carbocycles. The monoisotopic (exact) mass is 368 g/mol. The van der Waals surface area contributed by atoms with Crippen molar-refractivity contribution in [3.8, 4) is 0 Å². The topological polar surface area (TPSA) is 76.1 Å². The molecule has 3 aliphatic rings. The van der Waals surface area contributed by atoms with E-state index in [0.29, 0.717) is 23.9 Å². The minimum absolute atomic E-state index is 0.392. The van der Waals surface area contributed by atoms with Crippen molar-refractivity contribution in [3.05, 3.63) is 11.1 Å². The normalized spacial score (nSPS) is 31.5. The Morgan fingerprint density at radius 2 is 2.04 bits per heavy atom. The highest BCUT2D eigenvalue weighted by Crippen LogP contribution is 2.53. The molecule has 1 N–H and O–H groups in total. The van der Waals surface area contributed by atoms with Crippen LogP contribution in [0.25, 0.3) is 0 Å². The molecule has 3 fully saturated rings. The van der Waals surface area contributed by atoms with Crippen molar-refractivity contribution in [2.45, 2.75) is 62.0 Å². The quantitative estimate of drug-likeness (QED) is 0.884. The molecule has 1 heterocycles. The van der Waals surface area contributed by atoms with E-state index in [9.17, 15) is 13.2 Å². The Bertz CT molecular complexity index is 750. The number of anilines is 1. The van der Waals surface area contributed by atoms with E-state index in [-0.39, 0.29) is 0 Å². The van der Waals surface area contributed by atoms with Gasteiger partial charge in [0, 0.05) is 17.6 Å². The fourth-order valence-electron chi connectivity index (χ4n) is 5.04. The van der Waals surface area contributed by atoms with Gasteiger partial charge in [-0.1, -0.05) is 19.3 Å². The van der Waals surface area contributed by atoms with Crippen LogP contribution in [-0.2, 0) is 14.6 Å². The van der Waals surface area contributed by atoms with Gasteiger partial charge in [0.15, 0.2) is 19.7 Å². The van der Waals surface area contributed by atoms with E-state index >= 15 is 0 Å². The standard InChI is InChI=1S/C17H24N2O3S2/c1-24(21,22)17(6-2-3-7-17)15(20)19-16-18-14(10-23-16)13-9-11-4-5-12(13)8-11/h10-13H,2-9H2,1H3,(H,18,19,20). The predicted molar refractivity (Wildman–Crippen MR) is 95.0 cm³/mol. The van der Waals surface area contributed by atoms with Crippen molar-refractivity contribution >= 4 is 32.2 Å². The minimum Gasteiger partial charge on any atom is -0.301 e. The van der Waals surface area contributed by atoms with Crippen LogP contribution in [0.15, 0.2) is 5.38 Å². The van der Waals surface area contributed by atoms with Gasteiger partial charge in [-0.2, -0.15) is 0 Å². The number of nitrogens with one attached hydrogen (secondary N) is 1. The van der Waals surface area contributed by atoms with Gasteiger partial charge in [0.2, 0.25) is 5.91 Å². The largest absolute Gasteiger partial charge is 0.301 e. The molecule has 0 saturated heterocycles. The van der Waals surface area contributed by atoms with Gasteiger partial charge in [0.1, 0.15) is 0 Å². The van der Waals surface area contributed by atoms with Crippen LogP contribution in [0.5, 0.6) is 0 Å². The van der Waals surface area contributed by atoms with E-state index in [1.807, 2.05) is 5.38 Å². The third-order valence-corrected chi connectivity index (χ3v) is 9.18. The second kappa shape index (κ2) is 5.80. The second-order valence-electron chi connectivity index (χ2n) is 7.79. The van der Waals surface area contributed by atoms with Crippen LogP contribution in [0.3, 0.4) is 0 Å². The Balaban J connectivity index is 1.50. The highest BCUT2D eigenvalue weighted by molar-refractivity contribution is 7.92. The van der Waals surface area contributed by atoms with Gasteiger partial charge in [-0.25, -0.2) is 13.4 Å². The average Bonchev–Trinajstić information content (AvgIpc) is 3.29. The number of sulfone groups is 1. The van der Waals surface area contributed by atoms with Crippen molar-refractivity contribution in [2.24, 2.45) is 11.8 Å². The number of hydrogen-bond acceptors (Lipinski definition) is 5. The summed E-state index contributed by atoms with van der Waals surface area (Å²) in [7, 11) is -3.43. The highest BCUT2D eigenvalue weighted by atomic mass is 32.2. The second-order valence-corrected chi connectivity index (χ2v) is 11.0. The van der Waals surface area contributed by atoms with Gasteiger partial charge in [0.25, 0.3) is 0 Å². The van der Waals surface area contributed by atoms with Crippen LogP contribution in [0.2, 0.25) is 0 Å². The zero-order valence-corrected chi connectivity index (χ0v) is 15.6. The van der Waals surface area contributed by atoms with Crippen LogP contribution in [-0.4, -0.2) is 30.3 Å². The van der Waals surface area contributed by atoms with Gasteiger partial charge < -0.3 is 5.32 Å². The van der Waals surface area contributed by atoms with E-state index in [1.165, 1.54) is 43.3 Å². The van der Waals surface area contributed by atoms with E-state index < -0.39 is 20.5 Å². The SMILES string of the molecule is CS(=O)(=O)C1(C(=O)Nc2nc(C3CC4CCC3C4)cs2)CCCC1. The molecule has 7 heteroatoms. The summed E-state index contributed by atoms with van der Waals surface area (Å²) >= 11 is 1.42. The lowest BCUT2D eigenvalue weighted by Crippen LogP contribution is -2.47. The van der Waals surface area contributed by atoms with Gasteiger partial charge in [-0.3, -0.25) is 4.79 Å². The lowest BCUT2D eigenvalue weighted by Gasteiger charge is -2.24. The molecule has 0 spiro atoms. The number of thiazole rings is 1. The Morgan fingerprint density at radius 3 is 2.62 bits per heavy atom. The van der Waals surface area contributed by atoms with Crippen molar-refractivity contribution < 1.29 is 13.2 Å². The fourth-order valence-corrected chi connectivity index (χ4v) is 7.23. The molecule has 0 aromatic carbocycles. The number of aromatic nitrogens is 1. The van der Waals surface area contributed by atoms with Crippen molar-refractivity contribution in [3.63, 3.8) is 0 Å². The van der Waals surface area contributed by atoms with Gasteiger partial charge in [-0.05, 0) is 43.9 Å². The number of hydrogen-bond donors (Lipinski definition) is 1. The maximum atomic E-state index is 12.7. The molecule has 5 nitrogen and oxygen atoms in total. The predicted octanol–water partition coefficient (Wildman–Crippen LogP) is 3.34. The maximum absolute atomic E-state index is 12.7. The fraction of sp³-hybridized carbons (Fsp3) is 0.765. The molecule has 3 atom stereocenters. The van der Waals surface area contributed by atoms with Gasteiger partial charge >= 0.3 is 0 Å². The van der Waals surface area contributed by atoms with Crippen molar-refractivity contribution in [1.82, 2.24) is 4.98 Å². The van der Waals surface area contributed by atoms with Crippen LogP contribution >= 0.6 is 11.3 Å². The zero-order valence-electron chi connectivity index (χ0n) is 14.0. The third-order valence-electron chi connectivity index (χ3n) is 6.40. The van der Waals surface area contributed by atoms with E-state index in [1.54, 1.807) is 0 Å². The van der Waals surface area contributed by atoms with Gasteiger partial charge in [0.05, 0.1) is 5.69 Å². The van der Waals surface area contributed by atoms with E-state index in [4.69, 9.17) is 0 Å². The number of carbonyl (C=O) groups excluding carboxylic acids is 1. The Labute approximate surface area is 147 Å². The molecule has 132 valence electrons. The van der Waals surface area contributed by atoms with Crippen molar-refractivity contribution in [2.75, 3.05) is 11.6 Å². The van der Waals surface area contributed by atoms with Crippen LogP contribution in [0.4, 0.5) is 5.13 Å². The molecule has 3 unspecified atom stereocenters. The first-order chi connectivity index (χ1) is 11.4. The summed E-state index contributed by atoms with van der Waals surface area (Å²) in [5, 5.41) is 5.40. The molecule has 24 heavy (non-hydrogen) atoms. The van der Waals surface area contributed by atoms with Gasteiger partial charge in [-0.15, -0.1) is 11.3 Å². The number of rotatable bonds is 4. The molecule has 2 bridgehead atoms. The Morgan fingerprint density at radius 1 is 1.29 bits per heavy atom. The highest BCUT2D eigenvalue weighted by Gasteiger charge is 2.50. The summed E-state index contributed by atoms with van der Waals surface area (Å²) in [4.78, 5) is 17.3. The zero-order chi connectivity index (χ0) is 16.9. The lowest BCUT2D eigenvalue weighted by molar-refractivity contribution is -0.118. The van der Waals surface area contributed by atoms with Crippen LogP contribution in [0.1, 0.15) is 63.0 Å². The molecule has 1 amide bonds. The van der Waals surface area contributed by atoms with Crippen LogP contribution < -0.4 is 5.32 Å². The third kappa shape index (κ3) is 2.60. The summed E-state index contributed by atoms with van der Waals surface area (Å²) < 4.78 is 23.2. The summed E-state index contributed by atoms with van der Waals surface area (Å²) in [6.07, 6.45) is 8.78. The number of nitrogens with zero attached hydrogens (tertiary/aromatic N) is 1. The van der Waals surface area contributed by atoms with E-state index in [2.05, 4.69) is 10.3 Å². The number of amides is 1. The molecule has 1 aromatic heterocycles. The number of fused-ring (bicyclic) bond motifs is 2. The number of carbonyl (C=O) groups is 1. The molecular formula is C17H24N2O3S2. The first kappa shape index (κ1) is 16.5. The lowest BCUT2D eigenvalue weighted by atomic mass is 9.87. The summed E-state index contributed by atoms with van der Waals surface area (Å²) in [5.74, 6) is 1.74. The Hall–Kier alpha value is -0.950. The molecule has 0 aliphatic heterocycles. The van der Waals surface area contributed by atoms with Crippen LogP contribution in [0, 0.1) is 11.8 Å². The minimum atomic E-state index is -3.43. The maximum Gasteiger partial charge on any atom is 0.247 e. The van der Waals surface area contributed by atoms with E-state index in [0.717, 1.165) is 30.4 Å². The first-order valence-corrected chi connectivity index (χ1v) is 11.6. The summed E-state index contributed by atoms with van der Waals surface area (Å²) in [6, 6.07) is 0.